The van der Waals surface area contributed by atoms with Gasteiger partial charge in [0.05, 0.1) is 19.9 Å². The Bertz CT molecular complexity index is 763. The van der Waals surface area contributed by atoms with Gasteiger partial charge in [0.2, 0.25) is 0 Å². The highest BCUT2D eigenvalue weighted by atomic mass is 32.2. The van der Waals surface area contributed by atoms with Gasteiger partial charge in [-0.1, -0.05) is 12.1 Å². The molecule has 2 rings (SSSR count). The first-order chi connectivity index (χ1) is 12.1. The van der Waals surface area contributed by atoms with Crippen LogP contribution in [0.15, 0.2) is 47.4 Å². The Balaban J connectivity index is 1.99. The molecular formula is C18H19NO5S. The van der Waals surface area contributed by atoms with Gasteiger partial charge in [-0.2, -0.15) is 0 Å². The maximum Gasteiger partial charge on any atom is 0.342 e. The molecule has 0 saturated heterocycles. The van der Waals surface area contributed by atoms with Crippen LogP contribution in [0.4, 0.5) is 5.69 Å². The third kappa shape index (κ3) is 4.90. The number of para-hydroxylation sites is 1. The first kappa shape index (κ1) is 18.7. The molecule has 6 nitrogen and oxygen atoms in total. The smallest absolute Gasteiger partial charge is 0.342 e. The molecule has 2 aromatic carbocycles. The second-order valence-electron chi connectivity index (χ2n) is 4.89. The quantitative estimate of drug-likeness (QED) is 0.603. The summed E-state index contributed by atoms with van der Waals surface area (Å²) in [6.07, 6.45) is 1.92. The van der Waals surface area contributed by atoms with Gasteiger partial charge in [0.15, 0.2) is 6.61 Å². The van der Waals surface area contributed by atoms with Gasteiger partial charge < -0.3 is 19.5 Å². The molecule has 0 bridgehead atoms. The number of esters is 1. The lowest BCUT2D eigenvalue weighted by atomic mass is 10.2. The molecule has 25 heavy (non-hydrogen) atoms. The average molecular weight is 361 g/mol. The molecule has 0 saturated carbocycles. The molecule has 132 valence electrons. The maximum atomic E-state index is 12.2. The largest absolute Gasteiger partial charge is 0.497 e. The van der Waals surface area contributed by atoms with Gasteiger partial charge in [0.25, 0.3) is 5.91 Å². The van der Waals surface area contributed by atoms with Gasteiger partial charge in [-0.3, -0.25) is 4.79 Å². The fourth-order valence-corrected chi connectivity index (χ4v) is 2.66. The molecular weight excluding hydrogens is 342 g/mol. The van der Waals surface area contributed by atoms with Gasteiger partial charge in [0.1, 0.15) is 17.1 Å². The number of thioether (sulfide) groups is 1. The summed E-state index contributed by atoms with van der Waals surface area (Å²) in [6, 6.07) is 12.1. The van der Waals surface area contributed by atoms with Crippen molar-refractivity contribution < 1.29 is 23.8 Å². The Labute approximate surface area is 150 Å². The lowest BCUT2D eigenvalue weighted by molar-refractivity contribution is -0.119. The first-order valence-electron chi connectivity index (χ1n) is 7.41. The van der Waals surface area contributed by atoms with E-state index in [2.05, 4.69) is 5.32 Å². The number of benzene rings is 2. The van der Waals surface area contributed by atoms with Gasteiger partial charge in [-0.25, -0.2) is 4.79 Å². The summed E-state index contributed by atoms with van der Waals surface area (Å²) >= 11 is 1.52. The Hall–Kier alpha value is -2.67. The van der Waals surface area contributed by atoms with E-state index in [0.717, 1.165) is 4.90 Å². The average Bonchev–Trinajstić information content (AvgIpc) is 2.65. The molecule has 7 heteroatoms. The SMILES string of the molecule is COc1ccc(C(=O)OCC(=O)Nc2ccccc2SC)c(OC)c1. The Morgan fingerprint density at radius 3 is 2.52 bits per heavy atom. The van der Waals surface area contributed by atoms with E-state index in [1.807, 2.05) is 24.5 Å². The molecule has 1 amide bonds. The number of carbonyl (C=O) groups excluding carboxylic acids is 2. The predicted octanol–water partition coefficient (Wildman–Crippen LogP) is 3.22. The summed E-state index contributed by atoms with van der Waals surface area (Å²) in [5.74, 6) is -0.188. The van der Waals surface area contributed by atoms with Crippen molar-refractivity contribution in [2.75, 3.05) is 32.4 Å². The highest BCUT2D eigenvalue weighted by Crippen LogP contribution is 2.26. The number of rotatable bonds is 7. The minimum atomic E-state index is -0.646. The summed E-state index contributed by atoms with van der Waals surface area (Å²) in [6.45, 7) is -0.392. The first-order valence-corrected chi connectivity index (χ1v) is 8.63. The molecule has 0 heterocycles. The van der Waals surface area contributed by atoms with Crippen LogP contribution < -0.4 is 14.8 Å². The fourth-order valence-electron chi connectivity index (χ4n) is 2.11. The topological polar surface area (TPSA) is 73.9 Å². The Morgan fingerprint density at radius 1 is 1.08 bits per heavy atom. The molecule has 0 aliphatic rings. The van der Waals surface area contributed by atoms with Crippen LogP contribution in [0, 0.1) is 0 Å². The van der Waals surface area contributed by atoms with Gasteiger partial charge >= 0.3 is 5.97 Å². The van der Waals surface area contributed by atoms with Crippen LogP contribution in [0.1, 0.15) is 10.4 Å². The minimum absolute atomic E-state index is 0.223. The molecule has 0 aliphatic carbocycles. The normalized spacial score (nSPS) is 10.0. The second kappa shape index (κ2) is 8.98. The maximum absolute atomic E-state index is 12.2. The number of hydrogen-bond donors (Lipinski definition) is 1. The molecule has 2 aromatic rings. The molecule has 0 atom stereocenters. The zero-order chi connectivity index (χ0) is 18.2. The summed E-state index contributed by atoms with van der Waals surface area (Å²) in [4.78, 5) is 25.1. The molecule has 0 spiro atoms. The zero-order valence-corrected chi connectivity index (χ0v) is 15.0. The van der Waals surface area contributed by atoms with E-state index in [9.17, 15) is 9.59 Å². The number of amides is 1. The van der Waals surface area contributed by atoms with Crippen molar-refractivity contribution >= 4 is 29.3 Å². The van der Waals surface area contributed by atoms with Crippen LogP contribution in [0.5, 0.6) is 11.5 Å². The molecule has 0 aliphatic heterocycles. The standard InChI is InChI=1S/C18H19NO5S/c1-22-12-8-9-13(15(10-12)23-2)18(21)24-11-17(20)19-14-6-4-5-7-16(14)25-3/h4-10H,11H2,1-3H3,(H,19,20). The highest BCUT2D eigenvalue weighted by Gasteiger charge is 2.16. The van der Waals surface area contributed by atoms with Gasteiger partial charge in [-0.15, -0.1) is 11.8 Å². The third-order valence-corrected chi connectivity index (χ3v) is 4.14. The number of anilines is 1. The van der Waals surface area contributed by atoms with E-state index in [1.54, 1.807) is 18.2 Å². The molecule has 0 unspecified atom stereocenters. The summed E-state index contributed by atoms with van der Waals surface area (Å²) < 4.78 is 15.3. The van der Waals surface area contributed by atoms with Crippen molar-refractivity contribution in [3.63, 3.8) is 0 Å². The van der Waals surface area contributed by atoms with Crippen LogP contribution in [0.3, 0.4) is 0 Å². The van der Waals surface area contributed by atoms with Crippen LogP contribution in [-0.4, -0.2) is 39.0 Å². The van der Waals surface area contributed by atoms with Crippen molar-refractivity contribution in [3.05, 3.63) is 48.0 Å². The van der Waals surface area contributed by atoms with Gasteiger partial charge in [-0.05, 0) is 30.5 Å². The minimum Gasteiger partial charge on any atom is -0.497 e. The van der Waals surface area contributed by atoms with Crippen LogP contribution in [0.2, 0.25) is 0 Å². The van der Waals surface area contributed by atoms with Crippen molar-refractivity contribution in [1.29, 1.82) is 0 Å². The van der Waals surface area contributed by atoms with Crippen molar-refractivity contribution in [2.45, 2.75) is 4.90 Å². The number of ether oxygens (including phenoxy) is 3. The van der Waals surface area contributed by atoms with E-state index in [4.69, 9.17) is 14.2 Å². The zero-order valence-electron chi connectivity index (χ0n) is 14.2. The van der Waals surface area contributed by atoms with Crippen molar-refractivity contribution in [3.8, 4) is 11.5 Å². The number of nitrogens with one attached hydrogen (secondary N) is 1. The van der Waals surface area contributed by atoms with Crippen LogP contribution >= 0.6 is 11.8 Å². The van der Waals surface area contributed by atoms with Crippen molar-refractivity contribution in [1.82, 2.24) is 0 Å². The van der Waals surface area contributed by atoms with E-state index in [1.165, 1.54) is 32.0 Å². The van der Waals surface area contributed by atoms with E-state index >= 15 is 0 Å². The molecule has 1 N–H and O–H groups in total. The summed E-state index contributed by atoms with van der Waals surface area (Å²) in [7, 11) is 2.96. The van der Waals surface area contributed by atoms with E-state index < -0.39 is 18.5 Å². The highest BCUT2D eigenvalue weighted by molar-refractivity contribution is 7.98. The third-order valence-electron chi connectivity index (χ3n) is 3.34. The summed E-state index contributed by atoms with van der Waals surface area (Å²) in [5, 5.41) is 2.73. The second-order valence-corrected chi connectivity index (χ2v) is 5.74. The predicted molar refractivity (Wildman–Crippen MR) is 96.7 cm³/mol. The number of methoxy groups -OCH3 is 2. The van der Waals surface area contributed by atoms with Gasteiger partial charge in [0, 0.05) is 11.0 Å². The summed E-state index contributed by atoms with van der Waals surface area (Å²) in [5.41, 5.74) is 0.902. The molecule has 0 fully saturated rings. The lowest BCUT2D eigenvalue weighted by Gasteiger charge is -2.11. The Kier molecular flexibility index (Phi) is 6.71. The molecule has 0 aromatic heterocycles. The fraction of sp³-hybridized carbons (Fsp3) is 0.222. The molecule has 0 radical (unpaired) electrons. The Morgan fingerprint density at radius 2 is 1.84 bits per heavy atom. The lowest BCUT2D eigenvalue weighted by Crippen LogP contribution is -2.21. The number of hydrogen-bond acceptors (Lipinski definition) is 6. The van der Waals surface area contributed by atoms with E-state index in [0.29, 0.717) is 17.2 Å². The monoisotopic (exact) mass is 361 g/mol. The van der Waals surface area contributed by atoms with E-state index in [-0.39, 0.29) is 5.56 Å². The number of carbonyl (C=O) groups is 2. The van der Waals surface area contributed by atoms with Crippen LogP contribution in [0.25, 0.3) is 0 Å². The van der Waals surface area contributed by atoms with Crippen LogP contribution in [-0.2, 0) is 9.53 Å². The van der Waals surface area contributed by atoms with Crippen molar-refractivity contribution in [2.24, 2.45) is 0 Å².